The van der Waals surface area contributed by atoms with E-state index in [9.17, 15) is 22.4 Å². The molecule has 0 fully saturated rings. The van der Waals surface area contributed by atoms with Crippen molar-refractivity contribution in [3.8, 4) is 0 Å². The highest BCUT2D eigenvalue weighted by Crippen LogP contribution is 2.27. The second-order valence-corrected chi connectivity index (χ2v) is 10.6. The van der Waals surface area contributed by atoms with Gasteiger partial charge in [0.2, 0.25) is 5.91 Å². The lowest BCUT2D eigenvalue weighted by Crippen LogP contribution is -2.38. The molecule has 184 valence electrons. The maximum atomic E-state index is 13.5. The number of halogens is 1. The van der Waals surface area contributed by atoms with Crippen LogP contribution in [0, 0.1) is 5.82 Å². The van der Waals surface area contributed by atoms with Gasteiger partial charge < -0.3 is 10.6 Å². The van der Waals surface area contributed by atoms with Crippen LogP contribution in [-0.4, -0.2) is 31.8 Å². The first kappa shape index (κ1) is 25.0. The SMILES string of the molecule is O=C(CN(c1ccc(F)cc1)S(=O)(=O)c1cccs1)Nc1ccccc1C(=O)NCc1cccnc1. The molecule has 2 aromatic heterocycles. The first-order valence-electron chi connectivity index (χ1n) is 10.7. The second-order valence-electron chi connectivity index (χ2n) is 7.56. The minimum Gasteiger partial charge on any atom is -0.348 e. The molecule has 11 heteroatoms. The Morgan fingerprint density at radius 2 is 1.75 bits per heavy atom. The molecule has 2 heterocycles. The normalized spacial score (nSPS) is 11.0. The third-order valence-corrected chi connectivity index (χ3v) is 8.21. The molecule has 36 heavy (non-hydrogen) atoms. The average Bonchev–Trinajstić information content (AvgIpc) is 3.44. The summed E-state index contributed by atoms with van der Waals surface area (Å²) in [4.78, 5) is 29.8. The molecule has 0 saturated carbocycles. The molecular weight excluding hydrogens is 503 g/mol. The number of sulfonamides is 1. The molecule has 2 amide bonds. The number of aromatic nitrogens is 1. The van der Waals surface area contributed by atoms with Gasteiger partial charge in [0, 0.05) is 18.9 Å². The van der Waals surface area contributed by atoms with E-state index in [4.69, 9.17) is 0 Å². The number of nitrogens with zero attached hydrogens (tertiary/aromatic N) is 2. The van der Waals surface area contributed by atoms with E-state index < -0.39 is 34.2 Å². The Labute approximate surface area is 211 Å². The van der Waals surface area contributed by atoms with Crippen molar-refractivity contribution in [2.24, 2.45) is 0 Å². The van der Waals surface area contributed by atoms with Gasteiger partial charge in [-0.2, -0.15) is 0 Å². The summed E-state index contributed by atoms with van der Waals surface area (Å²) in [5.41, 5.74) is 1.37. The Hall–Kier alpha value is -4.09. The standard InChI is InChI=1S/C25H21FN4O4S2/c26-19-9-11-20(12-10-19)30(36(33,34)24-8-4-14-35-24)17-23(31)29-22-7-2-1-6-21(22)25(32)28-16-18-5-3-13-27-15-18/h1-15H,16-17H2,(H,28,32)(H,29,31). The third-order valence-electron chi connectivity index (χ3n) is 5.06. The molecule has 0 unspecified atom stereocenters. The molecule has 0 aliphatic heterocycles. The smallest absolute Gasteiger partial charge is 0.274 e. The largest absolute Gasteiger partial charge is 0.348 e. The van der Waals surface area contributed by atoms with Gasteiger partial charge in [-0.15, -0.1) is 11.3 Å². The van der Waals surface area contributed by atoms with E-state index in [2.05, 4.69) is 15.6 Å². The summed E-state index contributed by atoms with van der Waals surface area (Å²) in [6, 6.07) is 17.8. The molecule has 0 atom stereocenters. The van der Waals surface area contributed by atoms with E-state index in [1.54, 1.807) is 54.2 Å². The molecule has 0 aliphatic rings. The van der Waals surface area contributed by atoms with Gasteiger partial charge in [-0.3, -0.25) is 18.9 Å². The van der Waals surface area contributed by atoms with Gasteiger partial charge in [0.05, 0.1) is 16.9 Å². The fraction of sp³-hybridized carbons (Fsp3) is 0.0800. The minimum absolute atomic E-state index is 0.0369. The molecule has 0 bridgehead atoms. The van der Waals surface area contributed by atoms with E-state index in [0.717, 1.165) is 33.3 Å². The molecule has 0 radical (unpaired) electrons. The lowest BCUT2D eigenvalue weighted by atomic mass is 10.1. The van der Waals surface area contributed by atoms with Crippen molar-refractivity contribution in [2.75, 3.05) is 16.2 Å². The molecule has 0 spiro atoms. The van der Waals surface area contributed by atoms with Crippen molar-refractivity contribution in [3.63, 3.8) is 0 Å². The van der Waals surface area contributed by atoms with Gasteiger partial charge >= 0.3 is 0 Å². The minimum atomic E-state index is -4.09. The zero-order chi connectivity index (χ0) is 25.5. The van der Waals surface area contributed by atoms with E-state index in [0.29, 0.717) is 0 Å². The number of thiophene rings is 1. The highest BCUT2D eigenvalue weighted by molar-refractivity contribution is 7.94. The average molecular weight is 525 g/mol. The van der Waals surface area contributed by atoms with Crippen LogP contribution in [-0.2, 0) is 21.4 Å². The van der Waals surface area contributed by atoms with E-state index in [1.807, 2.05) is 6.07 Å². The number of carbonyl (C=O) groups is 2. The molecule has 2 aromatic carbocycles. The van der Waals surface area contributed by atoms with Crippen molar-refractivity contribution in [1.29, 1.82) is 0 Å². The molecular formula is C25H21FN4O4S2. The third kappa shape index (κ3) is 5.93. The maximum absolute atomic E-state index is 13.5. The number of para-hydroxylation sites is 1. The van der Waals surface area contributed by atoms with Gasteiger partial charge in [0.1, 0.15) is 16.6 Å². The summed E-state index contributed by atoms with van der Waals surface area (Å²) in [5, 5.41) is 7.01. The van der Waals surface area contributed by atoms with Gasteiger partial charge in [-0.05, 0) is 59.5 Å². The number of benzene rings is 2. The molecule has 4 aromatic rings. The Bertz CT molecular complexity index is 1450. The maximum Gasteiger partial charge on any atom is 0.274 e. The number of amides is 2. The molecule has 0 aliphatic carbocycles. The van der Waals surface area contributed by atoms with Crippen LogP contribution in [0.15, 0.2) is 94.8 Å². The van der Waals surface area contributed by atoms with Crippen LogP contribution < -0.4 is 14.9 Å². The van der Waals surface area contributed by atoms with Crippen molar-refractivity contribution in [1.82, 2.24) is 10.3 Å². The summed E-state index contributed by atoms with van der Waals surface area (Å²) in [6.45, 7) is -0.343. The van der Waals surface area contributed by atoms with Crippen molar-refractivity contribution in [3.05, 3.63) is 108 Å². The van der Waals surface area contributed by atoms with Gasteiger partial charge in [-0.1, -0.05) is 24.3 Å². The lowest BCUT2D eigenvalue weighted by Gasteiger charge is -2.23. The number of nitrogens with one attached hydrogen (secondary N) is 2. The van der Waals surface area contributed by atoms with E-state index in [1.165, 1.54) is 18.2 Å². The number of rotatable bonds is 9. The fourth-order valence-corrected chi connectivity index (χ4v) is 5.86. The number of pyridine rings is 1. The predicted octanol–water partition coefficient (Wildman–Crippen LogP) is 4.05. The Kier molecular flexibility index (Phi) is 7.71. The monoisotopic (exact) mass is 524 g/mol. The van der Waals surface area contributed by atoms with Gasteiger partial charge in [0.15, 0.2) is 0 Å². The summed E-state index contributed by atoms with van der Waals surface area (Å²) < 4.78 is 40.9. The zero-order valence-corrected chi connectivity index (χ0v) is 20.4. The summed E-state index contributed by atoms with van der Waals surface area (Å²) >= 11 is 1.00. The zero-order valence-electron chi connectivity index (χ0n) is 18.8. The highest BCUT2D eigenvalue weighted by Gasteiger charge is 2.28. The van der Waals surface area contributed by atoms with Crippen LogP contribution in [0.2, 0.25) is 0 Å². The van der Waals surface area contributed by atoms with Crippen LogP contribution in [0.3, 0.4) is 0 Å². The predicted molar refractivity (Wildman–Crippen MR) is 136 cm³/mol. The van der Waals surface area contributed by atoms with Crippen LogP contribution in [0.1, 0.15) is 15.9 Å². The van der Waals surface area contributed by atoms with Gasteiger partial charge in [0.25, 0.3) is 15.9 Å². The topological polar surface area (TPSA) is 108 Å². The van der Waals surface area contributed by atoms with Crippen LogP contribution >= 0.6 is 11.3 Å². The quantitative estimate of drug-likeness (QED) is 0.344. The molecule has 4 rings (SSSR count). The Morgan fingerprint density at radius 3 is 2.44 bits per heavy atom. The van der Waals surface area contributed by atoms with Crippen molar-refractivity contribution in [2.45, 2.75) is 10.8 Å². The molecule has 2 N–H and O–H groups in total. The summed E-state index contributed by atoms with van der Waals surface area (Å²) in [7, 11) is -4.09. The summed E-state index contributed by atoms with van der Waals surface area (Å²) in [5.74, 6) is -1.63. The number of hydrogen-bond donors (Lipinski definition) is 2. The number of anilines is 2. The Morgan fingerprint density at radius 1 is 0.972 bits per heavy atom. The first-order chi connectivity index (χ1) is 17.3. The van der Waals surface area contributed by atoms with Gasteiger partial charge in [-0.25, -0.2) is 12.8 Å². The van der Waals surface area contributed by atoms with E-state index in [-0.39, 0.29) is 27.7 Å². The first-order valence-corrected chi connectivity index (χ1v) is 13.0. The van der Waals surface area contributed by atoms with E-state index >= 15 is 0 Å². The molecule has 0 saturated heterocycles. The van der Waals surface area contributed by atoms with Crippen molar-refractivity contribution >= 4 is 44.5 Å². The van der Waals surface area contributed by atoms with Crippen molar-refractivity contribution < 1.29 is 22.4 Å². The lowest BCUT2D eigenvalue weighted by molar-refractivity contribution is -0.114. The van der Waals surface area contributed by atoms with Crippen LogP contribution in [0.5, 0.6) is 0 Å². The second kappa shape index (κ2) is 11.1. The highest BCUT2D eigenvalue weighted by atomic mass is 32.2. The summed E-state index contributed by atoms with van der Waals surface area (Å²) in [6.07, 6.45) is 3.26. The number of carbonyl (C=O) groups excluding carboxylic acids is 2. The fourth-order valence-electron chi connectivity index (χ4n) is 3.33. The van der Waals surface area contributed by atoms with Crippen LogP contribution in [0.4, 0.5) is 15.8 Å². The molecule has 8 nitrogen and oxygen atoms in total. The Balaban J connectivity index is 1.53. The number of hydrogen-bond acceptors (Lipinski definition) is 6. The van der Waals surface area contributed by atoms with Crippen LogP contribution in [0.25, 0.3) is 0 Å².